The third-order valence-electron chi connectivity index (χ3n) is 7.03. The van der Waals surface area contributed by atoms with Crippen molar-refractivity contribution in [2.24, 2.45) is 11.8 Å². The average molecular weight is 561 g/mol. The van der Waals surface area contributed by atoms with Crippen molar-refractivity contribution >= 4 is 38.9 Å². The number of carbonyl (C=O) groups excluding carboxylic acids is 2. The van der Waals surface area contributed by atoms with E-state index in [0.29, 0.717) is 18.6 Å². The van der Waals surface area contributed by atoms with Crippen LogP contribution < -0.4 is 10.6 Å². The summed E-state index contributed by atoms with van der Waals surface area (Å²) >= 11 is 6.17. The van der Waals surface area contributed by atoms with Crippen LogP contribution in [-0.4, -0.2) is 53.9 Å². The molecule has 2 aromatic carbocycles. The van der Waals surface area contributed by atoms with Crippen molar-refractivity contribution in [2.45, 2.75) is 48.0 Å². The molecule has 5 atom stereocenters. The van der Waals surface area contributed by atoms with Crippen molar-refractivity contribution in [1.82, 2.24) is 5.32 Å². The SMILES string of the molecule is CC(O)CNC(=O)C[C@@]1(O)C2CC1C(S(=O)(=O)c1cc(C(=O)Nc3cc(F)c(F)c(F)c3)ccc1Cl)C2. The maximum absolute atomic E-state index is 13.5. The molecular weight excluding hydrogens is 537 g/mol. The number of anilines is 1. The molecule has 3 saturated carbocycles. The molecule has 3 aliphatic carbocycles. The van der Waals surface area contributed by atoms with E-state index in [-0.39, 0.29) is 40.6 Å². The number of benzene rings is 2. The normalized spacial score (nSPS) is 25.3. The minimum absolute atomic E-state index is 0.00631. The molecule has 5 rings (SSSR count). The molecular formula is C24H24ClF3N2O6S. The van der Waals surface area contributed by atoms with Crippen LogP contribution in [0.2, 0.25) is 5.02 Å². The summed E-state index contributed by atoms with van der Waals surface area (Å²) in [5.74, 6) is -7.32. The highest BCUT2D eigenvalue weighted by atomic mass is 35.5. The molecule has 3 aliphatic rings. The second-order valence-corrected chi connectivity index (χ2v) is 12.1. The average Bonchev–Trinajstić information content (AvgIpc) is 3.41. The van der Waals surface area contributed by atoms with Gasteiger partial charge in [-0.2, -0.15) is 0 Å². The van der Waals surface area contributed by atoms with E-state index in [2.05, 4.69) is 10.6 Å². The van der Waals surface area contributed by atoms with Gasteiger partial charge in [0.1, 0.15) is 0 Å². The van der Waals surface area contributed by atoms with E-state index in [9.17, 15) is 41.4 Å². The molecule has 0 saturated heterocycles. The number of aliphatic hydroxyl groups is 2. The zero-order valence-electron chi connectivity index (χ0n) is 19.5. The molecule has 2 bridgehead atoms. The Morgan fingerprint density at radius 2 is 1.81 bits per heavy atom. The summed E-state index contributed by atoms with van der Waals surface area (Å²) in [7, 11) is -4.17. The first-order valence-electron chi connectivity index (χ1n) is 11.4. The minimum Gasteiger partial charge on any atom is -0.392 e. The molecule has 4 unspecified atom stereocenters. The summed E-state index contributed by atoms with van der Waals surface area (Å²) in [5, 5.41) is 23.9. The highest BCUT2D eigenvalue weighted by molar-refractivity contribution is 7.92. The summed E-state index contributed by atoms with van der Waals surface area (Å²) in [6.45, 7) is 1.48. The molecule has 13 heteroatoms. The zero-order valence-corrected chi connectivity index (χ0v) is 21.0. The molecule has 2 amide bonds. The standard InChI is InChI=1S/C24H24ClF3N2O6S/c1-11(31)10-29-21(32)9-24(34)13-5-15(24)19(6-13)37(35,36)20-4-12(2-3-16(20)25)23(33)30-14-7-17(26)22(28)18(27)8-14/h2-4,7-8,11,13,15,19,31,34H,5-6,9-10H2,1H3,(H,29,32)(H,30,33)/t11?,13?,15?,19?,24-/m1/s1. The van der Waals surface area contributed by atoms with Gasteiger partial charge in [-0.1, -0.05) is 11.6 Å². The predicted molar refractivity (Wildman–Crippen MR) is 127 cm³/mol. The lowest BCUT2D eigenvalue weighted by molar-refractivity contribution is -0.144. The molecule has 200 valence electrons. The van der Waals surface area contributed by atoms with Crippen molar-refractivity contribution in [2.75, 3.05) is 11.9 Å². The van der Waals surface area contributed by atoms with Crippen LogP contribution in [0.5, 0.6) is 0 Å². The van der Waals surface area contributed by atoms with Crippen molar-refractivity contribution in [3.05, 3.63) is 58.4 Å². The second kappa shape index (κ2) is 9.90. The van der Waals surface area contributed by atoms with Crippen LogP contribution >= 0.6 is 11.6 Å². The fourth-order valence-electron chi connectivity index (χ4n) is 5.13. The largest absolute Gasteiger partial charge is 0.392 e. The molecule has 8 nitrogen and oxygen atoms in total. The molecule has 0 aromatic heterocycles. The van der Waals surface area contributed by atoms with Gasteiger partial charge in [-0.25, -0.2) is 21.6 Å². The number of hydrogen-bond donors (Lipinski definition) is 4. The maximum Gasteiger partial charge on any atom is 0.255 e. The van der Waals surface area contributed by atoms with Crippen LogP contribution in [0.1, 0.15) is 36.5 Å². The van der Waals surface area contributed by atoms with Crippen LogP contribution in [0.15, 0.2) is 35.2 Å². The van der Waals surface area contributed by atoms with Gasteiger partial charge >= 0.3 is 0 Å². The van der Waals surface area contributed by atoms with Crippen LogP contribution in [0.25, 0.3) is 0 Å². The third kappa shape index (κ3) is 5.07. The minimum atomic E-state index is -4.17. The number of amides is 2. The third-order valence-corrected chi connectivity index (χ3v) is 9.74. The molecule has 0 aliphatic heterocycles. The number of halogens is 4. The van der Waals surface area contributed by atoms with Crippen LogP contribution in [0.4, 0.5) is 18.9 Å². The summed E-state index contributed by atoms with van der Waals surface area (Å²) < 4.78 is 67.2. The van der Waals surface area contributed by atoms with Crippen molar-refractivity contribution < 1.29 is 41.4 Å². The molecule has 0 spiro atoms. The lowest BCUT2D eigenvalue weighted by Gasteiger charge is -2.45. The Morgan fingerprint density at radius 1 is 1.16 bits per heavy atom. The lowest BCUT2D eigenvalue weighted by Crippen LogP contribution is -2.54. The molecule has 3 fully saturated rings. The van der Waals surface area contributed by atoms with Gasteiger partial charge in [0.2, 0.25) is 5.91 Å². The Hall–Kier alpha value is -2.67. The Bertz CT molecular complexity index is 1350. The molecule has 0 radical (unpaired) electrons. The van der Waals surface area contributed by atoms with E-state index >= 15 is 0 Å². The Morgan fingerprint density at radius 3 is 2.43 bits per heavy atom. The number of sulfone groups is 1. The van der Waals surface area contributed by atoms with Crippen molar-refractivity contribution in [3.8, 4) is 0 Å². The first kappa shape index (κ1) is 27.4. The fourth-order valence-corrected chi connectivity index (χ4v) is 7.79. The van der Waals surface area contributed by atoms with Crippen LogP contribution in [0, 0.1) is 29.3 Å². The molecule has 37 heavy (non-hydrogen) atoms. The number of nitrogens with one attached hydrogen (secondary N) is 2. The van der Waals surface area contributed by atoms with Gasteiger partial charge in [-0.05, 0) is 43.9 Å². The van der Waals surface area contributed by atoms with E-state index in [4.69, 9.17) is 11.6 Å². The summed E-state index contributed by atoms with van der Waals surface area (Å²) in [6.07, 6.45) is -0.614. The molecule has 2 aromatic rings. The van der Waals surface area contributed by atoms with E-state index in [0.717, 1.165) is 6.07 Å². The first-order chi connectivity index (χ1) is 17.2. The van der Waals surface area contributed by atoms with Gasteiger partial charge in [0, 0.05) is 35.8 Å². The Labute approximate surface area is 215 Å². The number of carbonyl (C=O) groups is 2. The molecule has 0 heterocycles. The summed E-state index contributed by atoms with van der Waals surface area (Å²) in [4.78, 5) is 24.5. The predicted octanol–water partition coefficient (Wildman–Crippen LogP) is 2.81. The van der Waals surface area contributed by atoms with Gasteiger partial charge in [-0.3, -0.25) is 9.59 Å². The van der Waals surface area contributed by atoms with Gasteiger partial charge < -0.3 is 20.8 Å². The number of fused-ring (bicyclic) bond motifs is 1. The van der Waals surface area contributed by atoms with E-state index < -0.39 is 67.9 Å². The number of rotatable bonds is 8. The topological polar surface area (TPSA) is 133 Å². The first-order valence-corrected chi connectivity index (χ1v) is 13.3. The fraction of sp³-hybridized carbons (Fsp3) is 0.417. The van der Waals surface area contributed by atoms with E-state index in [1.165, 1.54) is 19.1 Å². The Kier molecular flexibility index (Phi) is 7.32. The Balaban J connectivity index is 1.54. The summed E-state index contributed by atoms with van der Waals surface area (Å²) in [6, 6.07) is 4.57. The van der Waals surface area contributed by atoms with Gasteiger partial charge in [0.25, 0.3) is 5.91 Å². The number of aliphatic hydroxyl groups excluding tert-OH is 1. The summed E-state index contributed by atoms with van der Waals surface area (Å²) in [5.41, 5.74) is -2.10. The lowest BCUT2D eigenvalue weighted by atomic mass is 9.66. The van der Waals surface area contributed by atoms with Crippen LogP contribution in [0.3, 0.4) is 0 Å². The second-order valence-electron chi connectivity index (χ2n) is 9.53. The number of hydrogen-bond acceptors (Lipinski definition) is 6. The monoisotopic (exact) mass is 560 g/mol. The van der Waals surface area contributed by atoms with E-state index in [1.807, 2.05) is 0 Å². The van der Waals surface area contributed by atoms with Gasteiger partial charge in [0.05, 0.1) is 33.3 Å². The van der Waals surface area contributed by atoms with Crippen molar-refractivity contribution in [3.63, 3.8) is 0 Å². The van der Waals surface area contributed by atoms with E-state index in [1.54, 1.807) is 0 Å². The maximum atomic E-state index is 13.5. The highest BCUT2D eigenvalue weighted by Crippen LogP contribution is 2.60. The van der Waals surface area contributed by atoms with Gasteiger partial charge in [0.15, 0.2) is 27.3 Å². The van der Waals surface area contributed by atoms with Crippen molar-refractivity contribution in [1.29, 1.82) is 0 Å². The molecule has 4 N–H and O–H groups in total. The quantitative estimate of drug-likeness (QED) is 0.367. The van der Waals surface area contributed by atoms with Gasteiger partial charge in [-0.15, -0.1) is 0 Å². The highest BCUT2D eigenvalue weighted by Gasteiger charge is 2.66. The smallest absolute Gasteiger partial charge is 0.255 e. The zero-order chi connectivity index (χ0) is 27.3. The van der Waals surface area contributed by atoms with Crippen LogP contribution in [-0.2, 0) is 14.6 Å².